The highest BCUT2D eigenvalue weighted by atomic mass is 79.9. The molecule has 1 aromatic heterocycles. The molecule has 0 fully saturated rings. The van der Waals surface area contributed by atoms with Gasteiger partial charge in [0.1, 0.15) is 5.75 Å². The monoisotopic (exact) mass is 361 g/mol. The largest absolute Gasteiger partial charge is 0.495 e. The molecule has 3 N–H and O–H groups in total. The van der Waals surface area contributed by atoms with Crippen LogP contribution in [0.2, 0.25) is 0 Å². The second-order valence-corrected chi connectivity index (χ2v) is 6.22. The Balaban J connectivity index is 2.36. The fourth-order valence-electron chi connectivity index (χ4n) is 1.61. The second-order valence-electron chi connectivity index (χ2n) is 3.87. The Morgan fingerprint density at radius 1 is 1.45 bits per heavy atom. The van der Waals surface area contributed by atoms with Gasteiger partial charge >= 0.3 is 0 Å². The van der Waals surface area contributed by atoms with E-state index in [2.05, 4.69) is 31.0 Å². The number of aromatic nitrogens is 3. The molecule has 0 saturated carbocycles. The van der Waals surface area contributed by atoms with Crippen molar-refractivity contribution in [2.24, 2.45) is 7.05 Å². The lowest BCUT2D eigenvalue weighted by atomic mass is 10.2. The number of nitrogen functional groups attached to an aromatic ring is 1. The molecule has 0 spiro atoms. The van der Waals surface area contributed by atoms with Crippen molar-refractivity contribution in [1.29, 1.82) is 0 Å². The van der Waals surface area contributed by atoms with Crippen LogP contribution >= 0.6 is 15.9 Å². The van der Waals surface area contributed by atoms with Gasteiger partial charge in [0.2, 0.25) is 5.03 Å². The van der Waals surface area contributed by atoms with E-state index in [1.165, 1.54) is 20.2 Å². The summed E-state index contributed by atoms with van der Waals surface area (Å²) in [6, 6.07) is 4.59. The van der Waals surface area contributed by atoms with Gasteiger partial charge in [-0.1, -0.05) is 5.21 Å². The Morgan fingerprint density at radius 3 is 2.65 bits per heavy atom. The summed E-state index contributed by atoms with van der Waals surface area (Å²) in [7, 11) is -0.862. The SMILES string of the molecule is COc1ccc(NS(=O)(=O)c2c(Br)nnn2C)cc1N. The van der Waals surface area contributed by atoms with Crippen molar-refractivity contribution < 1.29 is 13.2 Å². The molecule has 0 bridgehead atoms. The lowest BCUT2D eigenvalue weighted by Crippen LogP contribution is -2.17. The lowest BCUT2D eigenvalue weighted by molar-refractivity contribution is 0.417. The Kier molecular flexibility index (Phi) is 3.86. The normalized spacial score (nSPS) is 11.3. The topological polar surface area (TPSA) is 112 Å². The fraction of sp³-hybridized carbons (Fsp3) is 0.200. The van der Waals surface area contributed by atoms with Gasteiger partial charge in [-0.05, 0) is 34.1 Å². The second kappa shape index (κ2) is 5.29. The molecule has 0 unspecified atom stereocenters. The van der Waals surface area contributed by atoms with Crippen molar-refractivity contribution in [3.8, 4) is 5.75 Å². The first-order valence-electron chi connectivity index (χ1n) is 5.36. The van der Waals surface area contributed by atoms with Gasteiger partial charge in [0.05, 0.1) is 18.5 Å². The van der Waals surface area contributed by atoms with Gasteiger partial charge in [0.25, 0.3) is 10.0 Å². The summed E-state index contributed by atoms with van der Waals surface area (Å²) in [5.74, 6) is 0.469. The van der Waals surface area contributed by atoms with E-state index in [0.717, 1.165) is 4.68 Å². The maximum atomic E-state index is 12.3. The minimum atomic E-state index is -3.82. The van der Waals surface area contributed by atoms with Crippen molar-refractivity contribution in [2.45, 2.75) is 5.03 Å². The summed E-state index contributed by atoms with van der Waals surface area (Å²) in [5.41, 5.74) is 6.37. The minimum absolute atomic E-state index is 0.0770. The number of nitrogens with zero attached hydrogens (tertiary/aromatic N) is 3. The number of rotatable bonds is 4. The number of ether oxygens (including phenoxy) is 1. The van der Waals surface area contributed by atoms with Gasteiger partial charge in [-0.15, -0.1) is 5.10 Å². The number of methoxy groups -OCH3 is 1. The number of nitrogens with one attached hydrogen (secondary N) is 1. The van der Waals surface area contributed by atoms with Crippen molar-refractivity contribution in [3.05, 3.63) is 22.8 Å². The molecule has 0 amide bonds. The third-order valence-electron chi connectivity index (χ3n) is 2.47. The number of anilines is 2. The highest BCUT2D eigenvalue weighted by Crippen LogP contribution is 2.27. The van der Waals surface area contributed by atoms with Gasteiger partial charge in [0, 0.05) is 7.05 Å². The molecule has 1 heterocycles. The van der Waals surface area contributed by atoms with Crippen molar-refractivity contribution >= 4 is 37.3 Å². The van der Waals surface area contributed by atoms with E-state index < -0.39 is 10.0 Å². The summed E-state index contributed by atoms with van der Waals surface area (Å²) in [6.07, 6.45) is 0. The first kappa shape index (κ1) is 14.6. The van der Waals surface area contributed by atoms with Crippen LogP contribution in [-0.4, -0.2) is 30.5 Å². The third kappa shape index (κ3) is 2.70. The van der Waals surface area contributed by atoms with E-state index in [9.17, 15) is 8.42 Å². The third-order valence-corrected chi connectivity index (χ3v) is 4.74. The number of halogens is 1. The van der Waals surface area contributed by atoms with Crippen LogP contribution in [0.4, 0.5) is 11.4 Å². The van der Waals surface area contributed by atoms with Crippen LogP contribution in [0, 0.1) is 0 Å². The molecule has 1 aromatic carbocycles. The highest BCUT2D eigenvalue weighted by Gasteiger charge is 2.24. The zero-order valence-corrected chi connectivity index (χ0v) is 13.1. The summed E-state index contributed by atoms with van der Waals surface area (Å²) >= 11 is 3.05. The molecule has 20 heavy (non-hydrogen) atoms. The predicted molar refractivity (Wildman–Crippen MR) is 76.9 cm³/mol. The Hall–Kier alpha value is -1.81. The maximum Gasteiger partial charge on any atom is 0.281 e. The minimum Gasteiger partial charge on any atom is -0.495 e. The summed E-state index contributed by atoms with van der Waals surface area (Å²) in [4.78, 5) is 0. The predicted octanol–water partition coefficient (Wildman–Crippen LogP) is 0.969. The molecule has 8 nitrogen and oxygen atoms in total. The average molecular weight is 362 g/mol. The standard InChI is InChI=1S/C10H12BrN5O3S/c1-16-10(9(11)13-15-16)20(17,18)14-6-3-4-8(19-2)7(12)5-6/h3-5,14H,12H2,1-2H3. The van der Waals surface area contributed by atoms with Gasteiger partial charge in [0.15, 0.2) is 4.60 Å². The molecule has 0 aliphatic carbocycles. The Morgan fingerprint density at radius 2 is 2.15 bits per heavy atom. The number of sulfonamides is 1. The summed E-state index contributed by atoms with van der Waals surface area (Å²) in [5, 5.41) is 7.18. The van der Waals surface area contributed by atoms with E-state index in [0.29, 0.717) is 17.1 Å². The van der Waals surface area contributed by atoms with E-state index in [-0.39, 0.29) is 9.63 Å². The van der Waals surface area contributed by atoms with Crippen LogP contribution in [0.15, 0.2) is 27.8 Å². The van der Waals surface area contributed by atoms with Gasteiger partial charge < -0.3 is 10.5 Å². The lowest BCUT2D eigenvalue weighted by Gasteiger charge is -2.10. The van der Waals surface area contributed by atoms with Crippen LogP contribution in [0.5, 0.6) is 5.75 Å². The zero-order chi connectivity index (χ0) is 14.9. The number of hydrogen-bond donors (Lipinski definition) is 2. The smallest absolute Gasteiger partial charge is 0.281 e. The Labute approximate surface area is 124 Å². The Bertz CT molecular complexity index is 724. The molecule has 0 atom stereocenters. The molecule has 0 saturated heterocycles. The quantitative estimate of drug-likeness (QED) is 0.784. The number of benzene rings is 1. The summed E-state index contributed by atoms with van der Waals surface area (Å²) < 4.78 is 33.2. The van der Waals surface area contributed by atoms with E-state index >= 15 is 0 Å². The molecule has 0 radical (unpaired) electrons. The summed E-state index contributed by atoms with van der Waals surface area (Å²) in [6.45, 7) is 0. The van der Waals surface area contributed by atoms with Gasteiger partial charge in [-0.2, -0.15) is 8.42 Å². The van der Waals surface area contributed by atoms with Crippen LogP contribution in [0.25, 0.3) is 0 Å². The molecular formula is C10H12BrN5O3S. The van der Waals surface area contributed by atoms with Crippen molar-refractivity contribution in [3.63, 3.8) is 0 Å². The molecule has 0 aliphatic heterocycles. The fourth-order valence-corrected chi connectivity index (χ4v) is 3.76. The van der Waals surface area contributed by atoms with Gasteiger partial charge in [-0.3, -0.25) is 4.72 Å². The first-order chi connectivity index (χ1) is 9.35. The molecule has 108 valence electrons. The number of hydrogen-bond acceptors (Lipinski definition) is 6. The van der Waals surface area contributed by atoms with E-state index in [1.54, 1.807) is 12.1 Å². The first-order valence-corrected chi connectivity index (χ1v) is 7.64. The van der Waals surface area contributed by atoms with Crippen molar-refractivity contribution in [1.82, 2.24) is 15.0 Å². The van der Waals surface area contributed by atoms with E-state index in [4.69, 9.17) is 10.5 Å². The number of aryl methyl sites for hydroxylation is 1. The van der Waals surface area contributed by atoms with Crippen LogP contribution in [0.3, 0.4) is 0 Å². The van der Waals surface area contributed by atoms with Crippen LogP contribution < -0.4 is 15.2 Å². The molecule has 0 aliphatic rings. The van der Waals surface area contributed by atoms with E-state index in [1.807, 2.05) is 0 Å². The average Bonchev–Trinajstić information content (AvgIpc) is 2.69. The maximum absolute atomic E-state index is 12.3. The molecular weight excluding hydrogens is 350 g/mol. The molecule has 10 heteroatoms. The van der Waals surface area contributed by atoms with Crippen LogP contribution in [0.1, 0.15) is 0 Å². The van der Waals surface area contributed by atoms with Crippen molar-refractivity contribution in [2.75, 3.05) is 17.6 Å². The van der Waals surface area contributed by atoms with Gasteiger partial charge in [-0.25, -0.2) is 4.68 Å². The zero-order valence-electron chi connectivity index (χ0n) is 10.7. The number of nitrogens with two attached hydrogens (primary N) is 1. The highest BCUT2D eigenvalue weighted by molar-refractivity contribution is 9.10. The molecule has 2 rings (SSSR count). The molecule has 2 aromatic rings. The van der Waals surface area contributed by atoms with Crippen LogP contribution in [-0.2, 0) is 17.1 Å².